The Kier molecular flexibility index (Phi) is 5.33. The molecule has 2 amide bonds. The van der Waals surface area contributed by atoms with E-state index in [4.69, 9.17) is 4.74 Å². The van der Waals surface area contributed by atoms with Gasteiger partial charge in [-0.15, -0.1) is 0 Å². The molecule has 0 bridgehead atoms. The number of amides is 2. The van der Waals surface area contributed by atoms with Gasteiger partial charge < -0.3 is 15.0 Å². The summed E-state index contributed by atoms with van der Waals surface area (Å²) in [7, 11) is 0. The zero-order chi connectivity index (χ0) is 19.5. The van der Waals surface area contributed by atoms with E-state index in [1.807, 2.05) is 60.4 Å². The Hall–Kier alpha value is -2.82. The maximum Gasteiger partial charge on any atom is 0.227 e. The molecule has 1 aliphatic heterocycles. The van der Waals surface area contributed by atoms with Crippen LogP contribution in [0.5, 0.6) is 11.5 Å². The number of nitrogens with zero attached hydrogens (tertiary/aromatic N) is 1. The molecule has 1 saturated heterocycles. The second-order valence-corrected chi connectivity index (χ2v) is 7.81. The van der Waals surface area contributed by atoms with Gasteiger partial charge in [-0.3, -0.25) is 9.59 Å². The van der Waals surface area contributed by atoms with E-state index < -0.39 is 0 Å². The Morgan fingerprint density at radius 1 is 0.929 bits per heavy atom. The standard InChI is InChI=1S/C23H26N2O3/c1-16-3-2-4-21(15-16)28-20-9-7-19(8-10-20)24-22(26)17-11-13-25(14-12-17)23(27)18-5-6-18/h2-4,7-10,15,17-18H,5-6,11-14H2,1H3,(H,24,26). The molecule has 0 spiro atoms. The van der Waals surface area contributed by atoms with Crippen LogP contribution in [0.25, 0.3) is 0 Å². The normalized spacial score (nSPS) is 17.2. The summed E-state index contributed by atoms with van der Waals surface area (Å²) in [5.74, 6) is 2.06. The van der Waals surface area contributed by atoms with Crippen molar-refractivity contribution in [2.75, 3.05) is 18.4 Å². The minimum Gasteiger partial charge on any atom is -0.457 e. The molecule has 1 heterocycles. The van der Waals surface area contributed by atoms with Crippen molar-refractivity contribution in [2.45, 2.75) is 32.6 Å². The molecule has 1 saturated carbocycles. The van der Waals surface area contributed by atoms with Crippen LogP contribution < -0.4 is 10.1 Å². The molecule has 28 heavy (non-hydrogen) atoms. The molecule has 2 aliphatic rings. The molecular formula is C23H26N2O3. The summed E-state index contributed by atoms with van der Waals surface area (Å²) in [6, 6.07) is 15.3. The number of aryl methyl sites for hydroxylation is 1. The van der Waals surface area contributed by atoms with E-state index in [1.54, 1.807) is 0 Å². The van der Waals surface area contributed by atoms with Gasteiger partial charge in [0.1, 0.15) is 11.5 Å². The van der Waals surface area contributed by atoms with Crippen molar-refractivity contribution >= 4 is 17.5 Å². The number of ether oxygens (including phenoxy) is 1. The second kappa shape index (κ2) is 8.05. The lowest BCUT2D eigenvalue weighted by molar-refractivity contribution is -0.135. The summed E-state index contributed by atoms with van der Waals surface area (Å²) >= 11 is 0. The number of benzene rings is 2. The number of hydrogen-bond donors (Lipinski definition) is 1. The van der Waals surface area contributed by atoms with Gasteiger partial charge in [0.25, 0.3) is 0 Å². The largest absolute Gasteiger partial charge is 0.457 e. The molecule has 0 atom stereocenters. The van der Waals surface area contributed by atoms with Gasteiger partial charge in [-0.2, -0.15) is 0 Å². The van der Waals surface area contributed by atoms with Crippen LogP contribution in [0.2, 0.25) is 0 Å². The van der Waals surface area contributed by atoms with Crippen LogP contribution in [0.1, 0.15) is 31.2 Å². The fourth-order valence-electron chi connectivity index (χ4n) is 3.62. The van der Waals surface area contributed by atoms with E-state index in [2.05, 4.69) is 5.32 Å². The smallest absolute Gasteiger partial charge is 0.227 e. The Balaban J connectivity index is 1.28. The Labute approximate surface area is 165 Å². The first kappa shape index (κ1) is 18.5. The molecule has 1 N–H and O–H groups in total. The minimum atomic E-state index is -0.0357. The monoisotopic (exact) mass is 378 g/mol. The molecule has 5 nitrogen and oxygen atoms in total. The van der Waals surface area contributed by atoms with Crippen LogP contribution in [-0.4, -0.2) is 29.8 Å². The fourth-order valence-corrected chi connectivity index (χ4v) is 3.62. The molecule has 2 aromatic carbocycles. The van der Waals surface area contributed by atoms with E-state index in [9.17, 15) is 9.59 Å². The van der Waals surface area contributed by atoms with Gasteiger partial charge in [0.05, 0.1) is 0 Å². The van der Waals surface area contributed by atoms with Crippen LogP contribution in [0.3, 0.4) is 0 Å². The van der Waals surface area contributed by atoms with Gasteiger partial charge in [-0.1, -0.05) is 12.1 Å². The molecule has 0 aromatic heterocycles. The summed E-state index contributed by atoms with van der Waals surface area (Å²) in [5, 5.41) is 2.99. The van der Waals surface area contributed by atoms with Crippen LogP contribution in [-0.2, 0) is 9.59 Å². The number of nitrogens with one attached hydrogen (secondary N) is 1. The minimum absolute atomic E-state index is 0.0332. The highest BCUT2D eigenvalue weighted by Gasteiger charge is 2.35. The molecule has 0 unspecified atom stereocenters. The van der Waals surface area contributed by atoms with Crippen molar-refractivity contribution in [3.63, 3.8) is 0 Å². The van der Waals surface area contributed by atoms with Crippen LogP contribution in [0.15, 0.2) is 48.5 Å². The predicted octanol–water partition coefficient (Wildman–Crippen LogP) is 4.37. The first-order valence-electron chi connectivity index (χ1n) is 10.0. The van der Waals surface area contributed by atoms with Crippen molar-refractivity contribution in [1.82, 2.24) is 4.90 Å². The third kappa shape index (κ3) is 4.53. The van der Waals surface area contributed by atoms with Crippen LogP contribution in [0.4, 0.5) is 5.69 Å². The Bertz CT molecular complexity index is 850. The molecule has 0 radical (unpaired) electrons. The van der Waals surface area contributed by atoms with Crippen LogP contribution in [0, 0.1) is 18.8 Å². The quantitative estimate of drug-likeness (QED) is 0.840. The first-order chi connectivity index (χ1) is 13.6. The first-order valence-corrected chi connectivity index (χ1v) is 10.0. The predicted molar refractivity (Wildman–Crippen MR) is 108 cm³/mol. The molecule has 146 valence electrons. The number of hydrogen-bond acceptors (Lipinski definition) is 3. The highest BCUT2D eigenvalue weighted by Crippen LogP contribution is 2.32. The van der Waals surface area contributed by atoms with Crippen molar-refractivity contribution in [3.8, 4) is 11.5 Å². The number of carbonyl (C=O) groups is 2. The van der Waals surface area contributed by atoms with Crippen molar-refractivity contribution in [3.05, 3.63) is 54.1 Å². The third-order valence-corrected chi connectivity index (χ3v) is 5.45. The van der Waals surface area contributed by atoms with E-state index in [0.717, 1.165) is 48.4 Å². The Morgan fingerprint density at radius 2 is 1.64 bits per heavy atom. The lowest BCUT2D eigenvalue weighted by atomic mass is 9.95. The van der Waals surface area contributed by atoms with E-state index in [0.29, 0.717) is 13.1 Å². The van der Waals surface area contributed by atoms with E-state index in [1.165, 1.54) is 0 Å². The summed E-state index contributed by atoms with van der Waals surface area (Å²) < 4.78 is 5.84. The third-order valence-electron chi connectivity index (χ3n) is 5.45. The zero-order valence-electron chi connectivity index (χ0n) is 16.2. The molecular weight excluding hydrogens is 352 g/mol. The number of rotatable bonds is 5. The molecule has 2 fully saturated rings. The summed E-state index contributed by atoms with van der Waals surface area (Å²) in [5.41, 5.74) is 1.91. The van der Waals surface area contributed by atoms with Gasteiger partial charge >= 0.3 is 0 Å². The average Bonchev–Trinajstić information content (AvgIpc) is 3.54. The number of anilines is 1. The Morgan fingerprint density at radius 3 is 2.29 bits per heavy atom. The van der Waals surface area contributed by atoms with Gasteiger partial charge in [0, 0.05) is 30.6 Å². The lowest BCUT2D eigenvalue weighted by Crippen LogP contribution is -2.42. The summed E-state index contributed by atoms with van der Waals surface area (Å²) in [6.07, 6.45) is 3.53. The van der Waals surface area contributed by atoms with Crippen molar-refractivity contribution in [2.24, 2.45) is 11.8 Å². The fraction of sp³-hybridized carbons (Fsp3) is 0.391. The summed E-state index contributed by atoms with van der Waals surface area (Å²) in [6.45, 7) is 3.41. The maximum atomic E-state index is 12.6. The van der Waals surface area contributed by atoms with Crippen molar-refractivity contribution in [1.29, 1.82) is 0 Å². The second-order valence-electron chi connectivity index (χ2n) is 7.81. The average molecular weight is 378 g/mol. The van der Waals surface area contributed by atoms with Crippen molar-refractivity contribution < 1.29 is 14.3 Å². The van der Waals surface area contributed by atoms with Crippen LogP contribution >= 0.6 is 0 Å². The molecule has 4 rings (SSSR count). The topological polar surface area (TPSA) is 58.6 Å². The van der Waals surface area contributed by atoms with Gasteiger partial charge in [-0.05, 0) is 74.6 Å². The lowest BCUT2D eigenvalue weighted by Gasteiger charge is -2.31. The number of likely N-dealkylation sites (tertiary alicyclic amines) is 1. The number of carbonyl (C=O) groups excluding carboxylic acids is 2. The summed E-state index contributed by atoms with van der Waals surface area (Å²) in [4.78, 5) is 26.6. The highest BCUT2D eigenvalue weighted by atomic mass is 16.5. The van der Waals surface area contributed by atoms with Gasteiger partial charge in [0.15, 0.2) is 0 Å². The molecule has 2 aromatic rings. The maximum absolute atomic E-state index is 12.6. The van der Waals surface area contributed by atoms with Gasteiger partial charge in [-0.25, -0.2) is 0 Å². The SMILES string of the molecule is Cc1cccc(Oc2ccc(NC(=O)C3CCN(C(=O)C4CC4)CC3)cc2)c1. The number of piperidine rings is 1. The van der Waals surface area contributed by atoms with E-state index >= 15 is 0 Å². The molecule has 5 heteroatoms. The van der Waals surface area contributed by atoms with Gasteiger partial charge in [0.2, 0.25) is 11.8 Å². The van der Waals surface area contributed by atoms with E-state index in [-0.39, 0.29) is 23.7 Å². The molecule has 1 aliphatic carbocycles. The highest BCUT2D eigenvalue weighted by molar-refractivity contribution is 5.92. The zero-order valence-corrected chi connectivity index (χ0v) is 16.2.